The smallest absolute Gasteiger partial charge is 0.0617 e. The molecule has 0 spiro atoms. The minimum absolute atomic E-state index is 0.698. The molecule has 0 aromatic carbocycles. The Bertz CT molecular complexity index is 214. The fourth-order valence-corrected chi connectivity index (χ4v) is 1.74. The predicted molar refractivity (Wildman–Crippen MR) is 43.2 cm³/mol. The maximum absolute atomic E-state index is 4.30. The van der Waals surface area contributed by atoms with E-state index in [4.69, 9.17) is 0 Å². The van der Waals surface area contributed by atoms with Crippen LogP contribution in [0.5, 0.6) is 0 Å². The number of aromatic nitrogens is 2. The van der Waals surface area contributed by atoms with Crippen LogP contribution in [0.25, 0.3) is 0 Å². The summed E-state index contributed by atoms with van der Waals surface area (Å²) in [4.78, 5) is 8.36. The van der Waals surface area contributed by atoms with Crippen LogP contribution in [0.3, 0.4) is 0 Å². The van der Waals surface area contributed by atoms with Crippen LogP contribution in [-0.2, 0) is 0 Å². The van der Waals surface area contributed by atoms with Gasteiger partial charge >= 0.3 is 0 Å². The summed E-state index contributed by atoms with van der Waals surface area (Å²) in [6.45, 7) is 0. The largest absolute Gasteiger partial charge is 0.261 e. The molecule has 1 aliphatic rings. The normalized spacial score (nSPS) is 18.9. The monoisotopic (exact) mass is 148 g/mol. The van der Waals surface area contributed by atoms with E-state index in [1.807, 2.05) is 6.20 Å². The van der Waals surface area contributed by atoms with Crippen LogP contribution in [0.15, 0.2) is 18.6 Å². The van der Waals surface area contributed by atoms with E-state index < -0.39 is 0 Å². The number of nitrogens with zero attached hydrogens (tertiary/aromatic N) is 2. The van der Waals surface area contributed by atoms with Crippen LogP contribution < -0.4 is 0 Å². The predicted octanol–water partition coefficient (Wildman–Crippen LogP) is 2.13. The lowest BCUT2D eigenvalue weighted by Crippen LogP contribution is -1.95. The Hall–Kier alpha value is -0.920. The van der Waals surface area contributed by atoms with Crippen LogP contribution in [0.1, 0.15) is 37.3 Å². The standard InChI is InChI=1S/C9H12N2/c1-2-4-8(3-1)9-7-10-5-6-11-9/h5-8H,1-4H2. The van der Waals surface area contributed by atoms with Crippen LogP contribution in [-0.4, -0.2) is 9.97 Å². The second-order valence-electron chi connectivity index (χ2n) is 3.11. The first kappa shape index (κ1) is 6.77. The molecule has 0 bridgehead atoms. The number of hydrogen-bond donors (Lipinski definition) is 0. The highest BCUT2D eigenvalue weighted by molar-refractivity contribution is 5.04. The minimum atomic E-state index is 0.698. The summed E-state index contributed by atoms with van der Waals surface area (Å²) < 4.78 is 0. The molecule has 1 aromatic rings. The highest BCUT2D eigenvalue weighted by Gasteiger charge is 2.17. The zero-order valence-corrected chi connectivity index (χ0v) is 6.53. The van der Waals surface area contributed by atoms with E-state index in [0.717, 1.165) is 0 Å². The summed E-state index contributed by atoms with van der Waals surface area (Å²) in [5.41, 5.74) is 1.19. The maximum atomic E-state index is 4.30. The van der Waals surface area contributed by atoms with Crippen LogP contribution in [0.4, 0.5) is 0 Å². The fourth-order valence-electron chi connectivity index (χ4n) is 1.74. The average Bonchev–Trinajstić information content (AvgIpc) is 2.58. The van der Waals surface area contributed by atoms with E-state index >= 15 is 0 Å². The van der Waals surface area contributed by atoms with E-state index in [9.17, 15) is 0 Å². The molecule has 0 amide bonds. The minimum Gasteiger partial charge on any atom is -0.261 e. The van der Waals surface area contributed by atoms with E-state index in [0.29, 0.717) is 5.92 Å². The van der Waals surface area contributed by atoms with Gasteiger partial charge in [-0.15, -0.1) is 0 Å². The van der Waals surface area contributed by atoms with Gasteiger partial charge in [0, 0.05) is 24.5 Å². The third-order valence-corrected chi connectivity index (χ3v) is 2.36. The molecule has 0 radical (unpaired) electrons. The number of hydrogen-bond acceptors (Lipinski definition) is 2. The molecule has 1 aliphatic carbocycles. The van der Waals surface area contributed by atoms with Gasteiger partial charge in [0.1, 0.15) is 0 Å². The Morgan fingerprint density at radius 3 is 2.64 bits per heavy atom. The van der Waals surface area contributed by atoms with Crippen molar-refractivity contribution in [2.75, 3.05) is 0 Å². The first-order chi connectivity index (χ1) is 5.47. The van der Waals surface area contributed by atoms with E-state index in [1.54, 1.807) is 12.4 Å². The zero-order chi connectivity index (χ0) is 7.52. The van der Waals surface area contributed by atoms with Gasteiger partial charge < -0.3 is 0 Å². The molecular weight excluding hydrogens is 136 g/mol. The van der Waals surface area contributed by atoms with Gasteiger partial charge in [0.25, 0.3) is 0 Å². The SMILES string of the molecule is c1cnc(C2CCCC2)cn1. The van der Waals surface area contributed by atoms with Gasteiger partial charge in [0.15, 0.2) is 0 Å². The van der Waals surface area contributed by atoms with Crippen molar-refractivity contribution in [3.8, 4) is 0 Å². The van der Waals surface area contributed by atoms with Gasteiger partial charge in [-0.1, -0.05) is 12.8 Å². The summed E-state index contributed by atoms with van der Waals surface area (Å²) in [6, 6.07) is 0. The maximum Gasteiger partial charge on any atom is 0.0617 e. The van der Waals surface area contributed by atoms with Crippen molar-refractivity contribution < 1.29 is 0 Å². The van der Waals surface area contributed by atoms with Crippen molar-refractivity contribution in [1.29, 1.82) is 0 Å². The molecule has 0 unspecified atom stereocenters. The Balaban J connectivity index is 2.16. The van der Waals surface area contributed by atoms with Gasteiger partial charge in [0.2, 0.25) is 0 Å². The summed E-state index contributed by atoms with van der Waals surface area (Å²) in [7, 11) is 0. The Labute approximate surface area is 66.7 Å². The van der Waals surface area contributed by atoms with Crippen LogP contribution >= 0.6 is 0 Å². The highest BCUT2D eigenvalue weighted by atomic mass is 14.8. The molecule has 11 heavy (non-hydrogen) atoms. The Kier molecular flexibility index (Phi) is 1.84. The fraction of sp³-hybridized carbons (Fsp3) is 0.556. The highest BCUT2D eigenvalue weighted by Crippen LogP contribution is 2.32. The van der Waals surface area contributed by atoms with Gasteiger partial charge in [-0.05, 0) is 12.8 Å². The molecular formula is C9H12N2. The summed E-state index contributed by atoms with van der Waals surface area (Å²) >= 11 is 0. The first-order valence-corrected chi connectivity index (χ1v) is 4.23. The van der Waals surface area contributed by atoms with Crippen molar-refractivity contribution >= 4 is 0 Å². The third kappa shape index (κ3) is 1.39. The molecule has 1 fully saturated rings. The van der Waals surface area contributed by atoms with Crippen LogP contribution in [0, 0.1) is 0 Å². The van der Waals surface area contributed by atoms with Gasteiger partial charge in [-0.25, -0.2) is 0 Å². The average molecular weight is 148 g/mol. The third-order valence-electron chi connectivity index (χ3n) is 2.36. The van der Waals surface area contributed by atoms with Crippen LogP contribution in [0.2, 0.25) is 0 Å². The lowest BCUT2D eigenvalue weighted by molar-refractivity contribution is 0.692. The van der Waals surface area contributed by atoms with Crippen molar-refractivity contribution in [3.63, 3.8) is 0 Å². The molecule has 1 heterocycles. The van der Waals surface area contributed by atoms with Gasteiger partial charge in [0.05, 0.1) is 5.69 Å². The zero-order valence-electron chi connectivity index (χ0n) is 6.53. The second-order valence-corrected chi connectivity index (χ2v) is 3.11. The summed E-state index contributed by atoms with van der Waals surface area (Å²) in [5, 5.41) is 0. The van der Waals surface area contributed by atoms with Gasteiger partial charge in [-0.3, -0.25) is 9.97 Å². The van der Waals surface area contributed by atoms with Gasteiger partial charge in [-0.2, -0.15) is 0 Å². The lowest BCUT2D eigenvalue weighted by Gasteiger charge is -2.05. The van der Waals surface area contributed by atoms with E-state index in [1.165, 1.54) is 31.4 Å². The lowest BCUT2D eigenvalue weighted by atomic mass is 10.1. The molecule has 58 valence electrons. The number of rotatable bonds is 1. The Morgan fingerprint density at radius 2 is 2.00 bits per heavy atom. The van der Waals surface area contributed by atoms with E-state index in [-0.39, 0.29) is 0 Å². The molecule has 1 saturated carbocycles. The molecule has 0 saturated heterocycles. The molecule has 1 aromatic heterocycles. The topological polar surface area (TPSA) is 25.8 Å². The summed E-state index contributed by atoms with van der Waals surface area (Å²) in [6.07, 6.45) is 10.8. The van der Waals surface area contributed by atoms with Crippen molar-refractivity contribution in [2.45, 2.75) is 31.6 Å². The first-order valence-electron chi connectivity index (χ1n) is 4.23. The molecule has 0 atom stereocenters. The Morgan fingerprint density at radius 1 is 1.18 bits per heavy atom. The molecule has 2 heteroatoms. The quantitative estimate of drug-likeness (QED) is 0.609. The van der Waals surface area contributed by atoms with Crippen molar-refractivity contribution in [2.24, 2.45) is 0 Å². The molecule has 0 aliphatic heterocycles. The molecule has 0 N–H and O–H groups in total. The molecule has 2 rings (SSSR count). The van der Waals surface area contributed by atoms with Crippen molar-refractivity contribution in [1.82, 2.24) is 9.97 Å². The molecule has 2 nitrogen and oxygen atoms in total. The van der Waals surface area contributed by atoms with E-state index in [2.05, 4.69) is 9.97 Å². The second kappa shape index (κ2) is 2.99. The van der Waals surface area contributed by atoms with Crippen molar-refractivity contribution in [3.05, 3.63) is 24.3 Å². The summed E-state index contributed by atoms with van der Waals surface area (Å²) in [5.74, 6) is 0.698.